The van der Waals surface area contributed by atoms with Crippen molar-refractivity contribution >= 4 is 11.6 Å². The van der Waals surface area contributed by atoms with Crippen LogP contribution in [0.4, 0.5) is 5.69 Å². The topological polar surface area (TPSA) is 64.0 Å². The third-order valence-electron chi connectivity index (χ3n) is 2.77. The van der Waals surface area contributed by atoms with Crippen LogP contribution in [-0.2, 0) is 11.3 Å². The van der Waals surface area contributed by atoms with Gasteiger partial charge in [0.05, 0.1) is 6.33 Å². The van der Waals surface area contributed by atoms with Crippen molar-refractivity contribution in [2.45, 2.75) is 20.4 Å². The minimum atomic E-state index is -0.246. The molecular weight excluding hydrogens is 242 g/mol. The molecule has 0 saturated heterocycles. The maximum absolute atomic E-state index is 11.9. The number of benzene rings is 1. The van der Waals surface area contributed by atoms with Gasteiger partial charge in [-0.15, -0.1) is 0 Å². The van der Waals surface area contributed by atoms with Gasteiger partial charge in [0.25, 0.3) is 5.56 Å². The molecular formula is C14H15N3O2. The van der Waals surface area contributed by atoms with Crippen molar-refractivity contribution in [1.29, 1.82) is 0 Å². The van der Waals surface area contributed by atoms with Crippen LogP contribution in [-0.4, -0.2) is 15.5 Å². The van der Waals surface area contributed by atoms with Gasteiger partial charge in [0.15, 0.2) is 0 Å². The van der Waals surface area contributed by atoms with Gasteiger partial charge in [0, 0.05) is 18.0 Å². The Balaban J connectivity index is 2.12. The molecule has 2 aromatic rings. The third-order valence-corrected chi connectivity index (χ3v) is 2.77. The van der Waals surface area contributed by atoms with Crippen LogP contribution in [0.3, 0.4) is 0 Å². The van der Waals surface area contributed by atoms with Gasteiger partial charge in [-0.3, -0.25) is 14.2 Å². The van der Waals surface area contributed by atoms with Gasteiger partial charge >= 0.3 is 0 Å². The molecule has 0 aliphatic heterocycles. The number of hydrogen-bond acceptors (Lipinski definition) is 3. The second-order valence-electron chi connectivity index (χ2n) is 4.41. The zero-order chi connectivity index (χ0) is 13.8. The predicted molar refractivity (Wildman–Crippen MR) is 73.0 cm³/mol. The minimum Gasteiger partial charge on any atom is -0.324 e. The molecule has 0 unspecified atom stereocenters. The van der Waals surface area contributed by atoms with Crippen molar-refractivity contribution in [3.63, 3.8) is 0 Å². The molecule has 5 heteroatoms. The average molecular weight is 257 g/mol. The lowest BCUT2D eigenvalue weighted by molar-refractivity contribution is -0.116. The Kier molecular flexibility index (Phi) is 3.75. The largest absolute Gasteiger partial charge is 0.324 e. The Hall–Kier alpha value is -2.43. The summed E-state index contributed by atoms with van der Waals surface area (Å²) in [6, 6.07) is 7.15. The Labute approximate surface area is 110 Å². The van der Waals surface area contributed by atoms with Crippen LogP contribution < -0.4 is 10.9 Å². The van der Waals surface area contributed by atoms with E-state index in [0.29, 0.717) is 0 Å². The van der Waals surface area contributed by atoms with E-state index >= 15 is 0 Å². The van der Waals surface area contributed by atoms with E-state index in [1.54, 1.807) is 0 Å². The molecule has 1 heterocycles. The first-order valence-corrected chi connectivity index (χ1v) is 5.94. The van der Waals surface area contributed by atoms with Crippen LogP contribution in [0.15, 0.2) is 41.6 Å². The number of carbonyl (C=O) groups excluding carboxylic acids is 1. The van der Waals surface area contributed by atoms with Gasteiger partial charge < -0.3 is 5.32 Å². The zero-order valence-corrected chi connectivity index (χ0v) is 10.9. The van der Waals surface area contributed by atoms with Crippen molar-refractivity contribution in [2.75, 3.05) is 5.32 Å². The lowest BCUT2D eigenvalue weighted by atomic mass is 10.1. The first kappa shape index (κ1) is 13.0. The average Bonchev–Trinajstić information content (AvgIpc) is 2.37. The van der Waals surface area contributed by atoms with Crippen LogP contribution in [0, 0.1) is 13.8 Å². The fraction of sp³-hybridized carbons (Fsp3) is 0.214. The highest BCUT2D eigenvalue weighted by Gasteiger charge is 2.06. The lowest BCUT2D eigenvalue weighted by Gasteiger charge is -2.10. The second-order valence-corrected chi connectivity index (χ2v) is 4.41. The molecule has 0 radical (unpaired) electrons. The molecule has 0 aliphatic rings. The molecule has 0 spiro atoms. The normalized spacial score (nSPS) is 10.2. The third kappa shape index (κ3) is 3.28. The van der Waals surface area contributed by atoms with Gasteiger partial charge in [0.1, 0.15) is 6.54 Å². The number of anilines is 1. The van der Waals surface area contributed by atoms with E-state index in [2.05, 4.69) is 10.3 Å². The molecule has 0 bridgehead atoms. The number of aromatic nitrogens is 2. The smallest absolute Gasteiger partial charge is 0.253 e. The van der Waals surface area contributed by atoms with Crippen molar-refractivity contribution in [1.82, 2.24) is 9.55 Å². The molecule has 0 atom stereocenters. The van der Waals surface area contributed by atoms with Crippen molar-refractivity contribution in [3.05, 3.63) is 58.3 Å². The first-order valence-electron chi connectivity index (χ1n) is 5.94. The van der Waals surface area contributed by atoms with E-state index < -0.39 is 0 Å². The summed E-state index contributed by atoms with van der Waals surface area (Å²) in [5.41, 5.74) is 2.57. The number of nitrogens with zero attached hydrogens (tertiary/aromatic N) is 2. The molecule has 1 N–H and O–H groups in total. The van der Waals surface area contributed by atoms with Crippen molar-refractivity contribution < 1.29 is 4.79 Å². The minimum absolute atomic E-state index is 0.0416. The summed E-state index contributed by atoms with van der Waals surface area (Å²) in [5, 5.41) is 2.80. The zero-order valence-electron chi connectivity index (χ0n) is 10.9. The number of aryl methyl sites for hydroxylation is 2. The van der Waals surface area contributed by atoms with E-state index in [-0.39, 0.29) is 18.0 Å². The fourth-order valence-electron chi connectivity index (χ4n) is 1.71. The first-order chi connectivity index (χ1) is 9.06. The number of carbonyl (C=O) groups is 1. The van der Waals surface area contributed by atoms with Crippen LogP contribution in [0.2, 0.25) is 0 Å². The molecule has 19 heavy (non-hydrogen) atoms. The summed E-state index contributed by atoms with van der Waals surface area (Å²) in [6.07, 6.45) is 2.76. The van der Waals surface area contributed by atoms with Crippen LogP contribution in [0.5, 0.6) is 0 Å². The Bertz CT molecular complexity index is 662. The molecule has 1 aromatic carbocycles. The van der Waals surface area contributed by atoms with Crippen LogP contribution in [0.25, 0.3) is 0 Å². The lowest BCUT2D eigenvalue weighted by Crippen LogP contribution is -2.27. The summed E-state index contributed by atoms with van der Waals surface area (Å²) in [6.45, 7) is 3.84. The summed E-state index contributed by atoms with van der Waals surface area (Å²) in [5.74, 6) is -0.246. The van der Waals surface area contributed by atoms with E-state index in [0.717, 1.165) is 16.8 Å². The van der Waals surface area contributed by atoms with Crippen molar-refractivity contribution in [3.8, 4) is 0 Å². The number of hydrogen-bond donors (Lipinski definition) is 1. The molecule has 0 fully saturated rings. The number of rotatable bonds is 3. The Morgan fingerprint density at radius 2 is 2.11 bits per heavy atom. The van der Waals surface area contributed by atoms with Crippen LogP contribution >= 0.6 is 0 Å². The number of amides is 1. The summed E-state index contributed by atoms with van der Waals surface area (Å²) >= 11 is 0. The van der Waals surface area contributed by atoms with Gasteiger partial charge in [-0.2, -0.15) is 0 Å². The maximum Gasteiger partial charge on any atom is 0.253 e. The highest BCUT2D eigenvalue weighted by atomic mass is 16.2. The Morgan fingerprint density at radius 3 is 2.84 bits per heavy atom. The second kappa shape index (κ2) is 5.48. The highest BCUT2D eigenvalue weighted by Crippen LogP contribution is 2.16. The summed E-state index contributed by atoms with van der Waals surface area (Å²) < 4.78 is 1.26. The Morgan fingerprint density at radius 1 is 1.32 bits per heavy atom. The molecule has 5 nitrogen and oxygen atoms in total. The van der Waals surface area contributed by atoms with Crippen LogP contribution in [0.1, 0.15) is 11.1 Å². The monoisotopic (exact) mass is 257 g/mol. The van der Waals surface area contributed by atoms with Gasteiger partial charge in [-0.05, 0) is 31.0 Å². The highest BCUT2D eigenvalue weighted by molar-refractivity contribution is 5.91. The SMILES string of the molecule is Cc1ccc(C)c(NC(=O)Cn2cnccc2=O)c1. The summed E-state index contributed by atoms with van der Waals surface area (Å²) in [4.78, 5) is 27.2. The standard InChI is InChI=1S/C14H15N3O2/c1-10-3-4-11(2)12(7-10)16-13(18)8-17-9-15-6-5-14(17)19/h3-7,9H,8H2,1-2H3,(H,16,18). The number of nitrogens with one attached hydrogen (secondary N) is 1. The van der Waals surface area contributed by atoms with Gasteiger partial charge in [-0.25, -0.2) is 4.98 Å². The molecule has 0 aliphatic carbocycles. The molecule has 1 amide bonds. The van der Waals surface area contributed by atoms with Gasteiger partial charge in [0.2, 0.25) is 5.91 Å². The van der Waals surface area contributed by atoms with E-state index in [1.807, 2.05) is 32.0 Å². The molecule has 0 saturated carbocycles. The van der Waals surface area contributed by atoms with Gasteiger partial charge in [-0.1, -0.05) is 12.1 Å². The molecule has 1 aromatic heterocycles. The summed E-state index contributed by atoms with van der Waals surface area (Å²) in [7, 11) is 0. The van der Waals surface area contributed by atoms with E-state index in [9.17, 15) is 9.59 Å². The van der Waals surface area contributed by atoms with Crippen molar-refractivity contribution in [2.24, 2.45) is 0 Å². The quantitative estimate of drug-likeness (QED) is 0.906. The maximum atomic E-state index is 11.9. The predicted octanol–water partition coefficient (Wildman–Crippen LogP) is 1.50. The van der Waals surface area contributed by atoms with E-state index in [1.165, 1.54) is 23.2 Å². The molecule has 2 rings (SSSR count). The molecule has 98 valence electrons. The van der Waals surface area contributed by atoms with E-state index in [4.69, 9.17) is 0 Å². The fourth-order valence-corrected chi connectivity index (χ4v) is 1.71.